The molecule has 0 bridgehead atoms. The summed E-state index contributed by atoms with van der Waals surface area (Å²) in [6, 6.07) is 7.68. The minimum atomic E-state index is -0.272. The Hall–Kier alpha value is -3.26. The van der Waals surface area contributed by atoms with Crippen molar-refractivity contribution in [3.05, 3.63) is 69.8 Å². The Balaban J connectivity index is 0.000000931. The Labute approximate surface area is 295 Å². The summed E-state index contributed by atoms with van der Waals surface area (Å²) in [6.07, 6.45) is 17.9. The van der Waals surface area contributed by atoms with E-state index in [-0.39, 0.29) is 5.82 Å². The first kappa shape index (κ1) is 44.7. The monoisotopic (exact) mass is 661 g/mol. The van der Waals surface area contributed by atoms with Crippen molar-refractivity contribution in [1.82, 2.24) is 9.78 Å². The van der Waals surface area contributed by atoms with Crippen molar-refractivity contribution < 1.29 is 4.39 Å². The van der Waals surface area contributed by atoms with Gasteiger partial charge in [-0.05, 0) is 91.5 Å². The Morgan fingerprint density at radius 3 is 2.00 bits per heavy atom. The van der Waals surface area contributed by atoms with Gasteiger partial charge in [0.2, 0.25) is 0 Å². The van der Waals surface area contributed by atoms with Crippen LogP contribution < -0.4 is 0 Å². The van der Waals surface area contributed by atoms with Gasteiger partial charge in [-0.15, -0.1) is 0 Å². The molecule has 1 aliphatic heterocycles. The maximum absolute atomic E-state index is 15.5. The second-order valence-electron chi connectivity index (χ2n) is 12.2. The van der Waals surface area contributed by atoms with Crippen LogP contribution in [-0.2, 0) is 0 Å². The molecule has 0 radical (unpaired) electrons. The standard InChI is InChI=1S/C23H19FN4.C11H24.C3H8.3C2H6/c1-14-10-19(6-4-18(14)13-25)28-23(22(24)21(27-28)11-15-2-3-15)17-5-7-20-16(12-17)8-9-26-20;1-5-10(3)8-7-9-11(4)6-2;1-3-2;3*1-2/h4,6,8,10-12H,2-3,5,7,9H2,1H3;10-11H,5-9H2,1-4H3;3H2,1-2H3;3*1-2H3. The zero-order valence-corrected chi connectivity index (χ0v) is 33.1. The summed E-state index contributed by atoms with van der Waals surface area (Å²) < 4.78 is 17.2. The normalized spacial score (nSPS) is 14.7. The molecule has 0 saturated heterocycles. The van der Waals surface area contributed by atoms with E-state index in [1.807, 2.05) is 66.7 Å². The first-order chi connectivity index (χ1) is 23.3. The molecule has 2 atom stereocenters. The number of nitrogens with zero attached hydrogens (tertiary/aromatic N) is 4. The minimum Gasteiger partial charge on any atom is -0.285 e. The topological polar surface area (TPSA) is 54.0 Å². The number of fused-ring (bicyclic) bond motifs is 1. The summed E-state index contributed by atoms with van der Waals surface area (Å²) in [5.41, 5.74) is 7.55. The Bertz CT molecular complexity index is 1350. The van der Waals surface area contributed by atoms with Crippen molar-refractivity contribution >= 4 is 17.4 Å². The summed E-state index contributed by atoms with van der Waals surface area (Å²) in [5, 5.41) is 13.8. The van der Waals surface area contributed by atoms with Crippen molar-refractivity contribution in [3.8, 4) is 11.8 Å². The number of aryl methyl sites for hydroxylation is 1. The number of aliphatic imine (C=N–C) groups is 1. The molecule has 268 valence electrons. The average Bonchev–Trinajstić information content (AvgIpc) is 3.72. The van der Waals surface area contributed by atoms with Gasteiger partial charge in [0.05, 0.1) is 23.9 Å². The molecule has 48 heavy (non-hydrogen) atoms. The van der Waals surface area contributed by atoms with E-state index in [1.54, 1.807) is 10.7 Å². The molecule has 2 heterocycles. The van der Waals surface area contributed by atoms with Crippen molar-refractivity contribution in [3.63, 3.8) is 0 Å². The van der Waals surface area contributed by atoms with Crippen molar-refractivity contribution in [2.75, 3.05) is 6.54 Å². The van der Waals surface area contributed by atoms with Crippen LogP contribution in [0, 0.1) is 35.9 Å². The highest BCUT2D eigenvalue weighted by Crippen LogP contribution is 2.36. The largest absolute Gasteiger partial charge is 0.285 e. The van der Waals surface area contributed by atoms with Gasteiger partial charge in [0.15, 0.2) is 5.82 Å². The number of hydrogen-bond acceptors (Lipinski definition) is 3. The summed E-state index contributed by atoms with van der Waals surface area (Å²) in [4.78, 5) is 4.50. The number of hydrogen-bond donors (Lipinski definition) is 0. The number of halogens is 1. The molecule has 4 nitrogen and oxygen atoms in total. The maximum Gasteiger partial charge on any atom is 0.176 e. The molecule has 1 aromatic carbocycles. The molecule has 2 unspecified atom stereocenters. The molecule has 1 saturated carbocycles. The van der Waals surface area contributed by atoms with E-state index in [2.05, 4.69) is 69.9 Å². The lowest BCUT2D eigenvalue weighted by Gasteiger charge is -2.17. The zero-order chi connectivity index (χ0) is 36.6. The van der Waals surface area contributed by atoms with Gasteiger partial charge in [-0.2, -0.15) is 10.4 Å². The van der Waals surface area contributed by atoms with Crippen molar-refractivity contribution in [2.24, 2.45) is 16.8 Å². The van der Waals surface area contributed by atoms with Crippen molar-refractivity contribution in [2.45, 2.75) is 154 Å². The average molecular weight is 661 g/mol. The number of rotatable bonds is 9. The Kier molecular flexibility index (Phi) is 24.0. The van der Waals surface area contributed by atoms with Gasteiger partial charge < -0.3 is 0 Å². The van der Waals surface area contributed by atoms with Crippen LogP contribution in [0.3, 0.4) is 0 Å². The zero-order valence-electron chi connectivity index (χ0n) is 33.1. The predicted molar refractivity (Wildman–Crippen MR) is 211 cm³/mol. The summed E-state index contributed by atoms with van der Waals surface area (Å²) in [7, 11) is 0. The van der Waals surface area contributed by atoms with E-state index in [9.17, 15) is 5.26 Å². The SMILES string of the molecule is CC.CC.CC.CCC.CCC(C)CCCC(C)CC.Cc1cc(-n2nc(C=C3CC3)c(F)c2C2=CC3=CCN=C3CC2)ccc1C#N. The number of nitriles is 1. The van der Waals surface area contributed by atoms with E-state index in [0.29, 0.717) is 23.5 Å². The highest BCUT2D eigenvalue weighted by molar-refractivity contribution is 6.08. The maximum atomic E-state index is 15.5. The van der Waals surface area contributed by atoms with Gasteiger partial charge >= 0.3 is 0 Å². The Morgan fingerprint density at radius 1 is 0.917 bits per heavy atom. The van der Waals surface area contributed by atoms with Crippen LogP contribution in [-0.4, -0.2) is 22.0 Å². The van der Waals surface area contributed by atoms with E-state index < -0.39 is 0 Å². The van der Waals surface area contributed by atoms with Crippen LogP contribution in [0.5, 0.6) is 0 Å². The van der Waals surface area contributed by atoms with Gasteiger partial charge in [-0.25, -0.2) is 9.07 Å². The first-order valence-electron chi connectivity index (χ1n) is 19.2. The summed E-state index contributed by atoms with van der Waals surface area (Å²) >= 11 is 0. The van der Waals surface area contributed by atoms with Crippen LogP contribution in [0.2, 0.25) is 0 Å². The Morgan fingerprint density at radius 2 is 1.50 bits per heavy atom. The molecule has 1 aromatic heterocycles. The smallest absolute Gasteiger partial charge is 0.176 e. The number of aromatic nitrogens is 2. The third kappa shape index (κ3) is 14.5. The fraction of sp³-hybridized carbons (Fsp3) is 0.605. The third-order valence-electron chi connectivity index (χ3n) is 8.29. The second kappa shape index (κ2) is 25.7. The lowest BCUT2D eigenvalue weighted by Crippen LogP contribution is -2.10. The number of benzene rings is 1. The van der Waals surface area contributed by atoms with Crippen LogP contribution in [0.4, 0.5) is 4.39 Å². The fourth-order valence-corrected chi connectivity index (χ4v) is 5.04. The molecular weight excluding hydrogens is 591 g/mol. The van der Waals surface area contributed by atoms with Crippen LogP contribution in [0.15, 0.2) is 46.5 Å². The van der Waals surface area contributed by atoms with Gasteiger partial charge in [0.1, 0.15) is 11.4 Å². The molecule has 0 amide bonds. The molecule has 1 fully saturated rings. The second-order valence-corrected chi connectivity index (χ2v) is 12.2. The van der Waals surface area contributed by atoms with Crippen LogP contribution in [0.1, 0.15) is 170 Å². The lowest BCUT2D eigenvalue weighted by atomic mass is 9.92. The van der Waals surface area contributed by atoms with E-state index >= 15 is 4.39 Å². The van der Waals surface area contributed by atoms with Crippen LogP contribution in [0.25, 0.3) is 17.3 Å². The van der Waals surface area contributed by atoms with Gasteiger partial charge in [0, 0.05) is 5.71 Å². The van der Waals surface area contributed by atoms with E-state index in [1.165, 1.54) is 44.1 Å². The quantitative estimate of drug-likeness (QED) is 0.269. The molecule has 0 spiro atoms. The van der Waals surface area contributed by atoms with Crippen LogP contribution >= 0.6 is 0 Å². The fourth-order valence-electron chi connectivity index (χ4n) is 5.04. The van der Waals surface area contributed by atoms with E-state index in [4.69, 9.17) is 0 Å². The first-order valence-corrected chi connectivity index (χ1v) is 19.2. The molecule has 5 heteroatoms. The minimum absolute atomic E-state index is 0.272. The van der Waals surface area contributed by atoms with Crippen molar-refractivity contribution in [1.29, 1.82) is 5.26 Å². The molecule has 5 rings (SSSR count). The molecule has 0 N–H and O–H groups in total. The van der Waals surface area contributed by atoms with Gasteiger partial charge in [-0.1, -0.05) is 133 Å². The summed E-state index contributed by atoms with van der Waals surface area (Å²) in [5.74, 6) is 1.62. The number of allylic oxidation sites excluding steroid dienone is 4. The highest BCUT2D eigenvalue weighted by atomic mass is 19.1. The molecular formula is C43H69FN4. The highest BCUT2D eigenvalue weighted by Gasteiger charge is 2.26. The van der Waals surface area contributed by atoms with E-state index in [0.717, 1.165) is 65.6 Å². The van der Waals surface area contributed by atoms with Gasteiger partial charge in [0.25, 0.3) is 0 Å². The molecule has 2 aliphatic carbocycles. The molecule has 2 aromatic rings. The molecule has 3 aliphatic rings. The van der Waals surface area contributed by atoms with Gasteiger partial charge in [-0.3, -0.25) is 4.99 Å². The predicted octanol–water partition coefficient (Wildman–Crippen LogP) is 13.7. The summed E-state index contributed by atoms with van der Waals surface area (Å²) in [6.45, 7) is 28.1. The lowest BCUT2D eigenvalue weighted by molar-refractivity contribution is 0.428. The third-order valence-corrected chi connectivity index (χ3v) is 8.29.